The maximum absolute atomic E-state index is 13.4. The Labute approximate surface area is 211 Å². The highest BCUT2D eigenvalue weighted by Gasteiger charge is 2.44. The van der Waals surface area contributed by atoms with Crippen molar-refractivity contribution in [3.63, 3.8) is 0 Å². The number of aryl methyl sites for hydroxylation is 2. The van der Waals surface area contributed by atoms with E-state index in [2.05, 4.69) is 55.1 Å². The number of hydrogen-bond acceptors (Lipinski definition) is 4. The van der Waals surface area contributed by atoms with Gasteiger partial charge in [-0.25, -0.2) is 0 Å². The van der Waals surface area contributed by atoms with Crippen LogP contribution in [0.3, 0.4) is 0 Å². The van der Waals surface area contributed by atoms with Gasteiger partial charge in [-0.05, 0) is 85.8 Å². The van der Waals surface area contributed by atoms with Gasteiger partial charge in [0.25, 0.3) is 5.91 Å². The van der Waals surface area contributed by atoms with Crippen molar-refractivity contribution in [1.82, 2.24) is 4.90 Å². The Kier molecular flexibility index (Phi) is 6.83. The number of ether oxygens (including phenoxy) is 1. The Balaban J connectivity index is 1.19. The van der Waals surface area contributed by atoms with Gasteiger partial charge in [0.2, 0.25) is 0 Å². The number of rotatable bonds is 6. The van der Waals surface area contributed by atoms with Gasteiger partial charge in [0.05, 0.1) is 11.6 Å². The molecular weight excluding hydrogens is 452 g/mol. The van der Waals surface area contributed by atoms with Gasteiger partial charge in [-0.3, -0.25) is 4.79 Å². The van der Waals surface area contributed by atoms with Gasteiger partial charge < -0.3 is 9.64 Å². The Morgan fingerprint density at radius 3 is 2.43 bits per heavy atom. The molecule has 35 heavy (non-hydrogen) atoms. The molecule has 0 spiro atoms. The zero-order chi connectivity index (χ0) is 24.4. The topological polar surface area (TPSA) is 53.3 Å². The van der Waals surface area contributed by atoms with Crippen LogP contribution in [0.4, 0.5) is 0 Å². The molecule has 4 nitrogen and oxygen atoms in total. The smallest absolute Gasteiger partial charge is 0.254 e. The average Bonchev–Trinajstić information content (AvgIpc) is 3.14. The Hall–Kier alpha value is -3.23. The molecule has 2 heterocycles. The zero-order valence-corrected chi connectivity index (χ0v) is 21.1. The number of benzene rings is 3. The second kappa shape index (κ2) is 10.2. The van der Waals surface area contributed by atoms with Gasteiger partial charge in [0.1, 0.15) is 11.9 Å². The highest BCUT2D eigenvalue weighted by Crippen LogP contribution is 2.38. The second-order valence-corrected chi connectivity index (χ2v) is 10.7. The summed E-state index contributed by atoms with van der Waals surface area (Å²) in [6, 6.07) is 24.6. The fourth-order valence-corrected chi connectivity index (χ4v) is 6.20. The van der Waals surface area contributed by atoms with E-state index in [0.29, 0.717) is 5.56 Å². The van der Waals surface area contributed by atoms with Crippen LogP contribution in [-0.4, -0.2) is 29.0 Å². The van der Waals surface area contributed by atoms with Crippen LogP contribution in [0.2, 0.25) is 0 Å². The molecule has 0 aliphatic carbocycles. The number of hydrogen-bond donors (Lipinski definition) is 0. The summed E-state index contributed by atoms with van der Waals surface area (Å²) in [5.41, 5.74) is 5.22. The van der Waals surface area contributed by atoms with Gasteiger partial charge in [0, 0.05) is 41.1 Å². The van der Waals surface area contributed by atoms with Gasteiger partial charge in [-0.1, -0.05) is 24.3 Å². The molecule has 2 bridgehead atoms. The second-order valence-electron chi connectivity index (χ2n) is 9.68. The number of thioether (sulfide) groups is 1. The lowest BCUT2D eigenvalue weighted by Gasteiger charge is -2.39. The predicted octanol–water partition coefficient (Wildman–Crippen LogP) is 6.68. The number of carbonyl (C=O) groups is 1. The van der Waals surface area contributed by atoms with Gasteiger partial charge >= 0.3 is 0 Å². The van der Waals surface area contributed by atoms with Gasteiger partial charge in [-0.15, -0.1) is 11.8 Å². The number of fused-ring (bicyclic) bond motifs is 2. The van der Waals surface area contributed by atoms with Gasteiger partial charge in [-0.2, -0.15) is 5.26 Å². The zero-order valence-electron chi connectivity index (χ0n) is 20.2. The van der Waals surface area contributed by atoms with Crippen LogP contribution in [0.1, 0.15) is 58.3 Å². The van der Waals surface area contributed by atoms with Crippen LogP contribution in [0.15, 0.2) is 71.6 Å². The molecule has 2 aliphatic heterocycles. The van der Waals surface area contributed by atoms with E-state index >= 15 is 0 Å². The molecule has 0 saturated carbocycles. The third-order valence-electron chi connectivity index (χ3n) is 7.27. The summed E-state index contributed by atoms with van der Waals surface area (Å²) in [6.45, 7) is 4.28. The van der Waals surface area contributed by atoms with E-state index in [0.717, 1.165) is 42.7 Å². The molecule has 2 saturated heterocycles. The summed E-state index contributed by atoms with van der Waals surface area (Å²) in [5, 5.41) is 9.13. The first-order chi connectivity index (χ1) is 17.0. The van der Waals surface area contributed by atoms with Crippen molar-refractivity contribution in [2.75, 3.05) is 0 Å². The third-order valence-corrected chi connectivity index (χ3v) is 8.34. The molecule has 2 fully saturated rings. The third kappa shape index (κ3) is 5.23. The minimum absolute atomic E-state index is 0.0790. The Morgan fingerprint density at radius 1 is 1.00 bits per heavy atom. The summed E-state index contributed by atoms with van der Waals surface area (Å²) >= 11 is 1.83. The van der Waals surface area contributed by atoms with E-state index in [1.807, 2.05) is 36.0 Å². The lowest BCUT2D eigenvalue weighted by atomic mass is 9.98. The molecule has 3 aromatic rings. The number of nitriles is 1. The van der Waals surface area contributed by atoms with Crippen LogP contribution >= 0.6 is 11.8 Å². The quantitative estimate of drug-likeness (QED) is 0.368. The van der Waals surface area contributed by atoms with Crippen molar-refractivity contribution in [3.8, 4) is 11.8 Å². The number of piperidine rings is 1. The summed E-state index contributed by atoms with van der Waals surface area (Å²) in [5.74, 6) is 1.76. The summed E-state index contributed by atoms with van der Waals surface area (Å²) in [4.78, 5) is 16.8. The van der Waals surface area contributed by atoms with E-state index in [-0.39, 0.29) is 24.1 Å². The molecule has 0 N–H and O–H groups in total. The molecule has 1 amide bonds. The lowest BCUT2D eigenvalue weighted by molar-refractivity contribution is 0.0359. The van der Waals surface area contributed by atoms with E-state index in [1.165, 1.54) is 21.6 Å². The minimum atomic E-state index is 0.0790. The largest absolute Gasteiger partial charge is 0.490 e. The molecule has 5 rings (SSSR count). The molecular formula is C30H30N2O2S. The number of amides is 1. The number of nitrogens with zero attached hydrogens (tertiary/aromatic N) is 2. The molecule has 2 unspecified atom stereocenters. The predicted molar refractivity (Wildman–Crippen MR) is 140 cm³/mol. The van der Waals surface area contributed by atoms with E-state index in [9.17, 15) is 4.79 Å². The van der Waals surface area contributed by atoms with Gasteiger partial charge in [0.15, 0.2) is 0 Å². The maximum atomic E-state index is 13.4. The Morgan fingerprint density at radius 2 is 1.74 bits per heavy atom. The van der Waals surface area contributed by atoms with E-state index in [1.54, 1.807) is 12.1 Å². The molecule has 178 valence electrons. The number of carbonyl (C=O) groups excluding carboxylic acids is 1. The molecule has 2 aliphatic rings. The molecule has 5 heteroatoms. The Bertz CT molecular complexity index is 1250. The van der Waals surface area contributed by atoms with Crippen LogP contribution in [0.5, 0.6) is 5.75 Å². The highest BCUT2D eigenvalue weighted by atomic mass is 32.2. The average molecular weight is 483 g/mol. The fraction of sp³-hybridized carbons (Fsp3) is 0.333. The summed E-state index contributed by atoms with van der Waals surface area (Å²) in [7, 11) is 0. The molecule has 3 aromatic carbocycles. The van der Waals surface area contributed by atoms with Crippen LogP contribution in [-0.2, 0) is 5.75 Å². The van der Waals surface area contributed by atoms with Crippen molar-refractivity contribution in [2.45, 2.75) is 68.4 Å². The van der Waals surface area contributed by atoms with Crippen molar-refractivity contribution in [2.24, 2.45) is 0 Å². The normalized spacial score (nSPS) is 20.9. The van der Waals surface area contributed by atoms with Crippen molar-refractivity contribution in [3.05, 3.63) is 94.5 Å². The van der Waals surface area contributed by atoms with Crippen molar-refractivity contribution < 1.29 is 9.53 Å². The first kappa shape index (κ1) is 23.5. The summed E-state index contributed by atoms with van der Waals surface area (Å²) < 4.78 is 6.21. The summed E-state index contributed by atoms with van der Waals surface area (Å²) in [6.07, 6.45) is 3.81. The highest BCUT2D eigenvalue weighted by molar-refractivity contribution is 7.98. The minimum Gasteiger partial charge on any atom is -0.490 e. The van der Waals surface area contributed by atoms with Crippen LogP contribution in [0.25, 0.3) is 0 Å². The first-order valence-corrected chi connectivity index (χ1v) is 13.3. The lowest BCUT2D eigenvalue weighted by Crippen LogP contribution is -2.49. The van der Waals surface area contributed by atoms with Crippen molar-refractivity contribution in [1.29, 1.82) is 5.26 Å². The SMILES string of the molecule is Cc1ccc(SCc2ccc(C(=O)N3C4CCC3CC(Oc3cccc(C#N)c3)C4)cc2)cc1C. The molecule has 0 aromatic heterocycles. The van der Waals surface area contributed by atoms with Crippen LogP contribution < -0.4 is 4.74 Å². The monoisotopic (exact) mass is 482 g/mol. The fourth-order valence-electron chi connectivity index (χ4n) is 5.25. The molecule has 2 atom stereocenters. The first-order valence-electron chi connectivity index (χ1n) is 12.3. The van der Waals surface area contributed by atoms with E-state index in [4.69, 9.17) is 10.00 Å². The standard InChI is InChI=1S/C30H30N2O2S/c1-20-6-13-29(14-21(20)2)35-19-22-7-9-24(10-8-22)30(33)32-25-11-12-26(32)17-28(16-25)34-27-5-3-4-23(15-27)18-31/h3-10,13-15,25-26,28H,11-12,16-17,19H2,1-2H3. The molecule has 0 radical (unpaired) electrons. The van der Waals surface area contributed by atoms with Crippen molar-refractivity contribution >= 4 is 17.7 Å². The van der Waals surface area contributed by atoms with E-state index < -0.39 is 0 Å². The maximum Gasteiger partial charge on any atom is 0.254 e. The van der Waals surface area contributed by atoms with Crippen LogP contribution in [0, 0.1) is 25.2 Å².